The normalized spacial score (nSPS) is 11.4. The van der Waals surface area contributed by atoms with Gasteiger partial charge in [-0.1, -0.05) is 29.2 Å². The molecule has 0 bridgehead atoms. The number of fused-ring (bicyclic) bond motifs is 1. The van der Waals surface area contributed by atoms with Crippen molar-refractivity contribution in [1.82, 2.24) is 29.4 Å². The molecule has 0 saturated heterocycles. The van der Waals surface area contributed by atoms with Gasteiger partial charge < -0.3 is 4.57 Å². The maximum absolute atomic E-state index is 12.1. The van der Waals surface area contributed by atoms with Gasteiger partial charge in [0.25, 0.3) is 5.56 Å². The monoisotopic (exact) mass is 390 g/mol. The Morgan fingerprint density at radius 3 is 2.96 bits per heavy atom. The lowest BCUT2D eigenvalue weighted by atomic mass is 10.4. The molecule has 0 aliphatic carbocycles. The second-order valence-electron chi connectivity index (χ2n) is 5.22. The third-order valence-corrected chi connectivity index (χ3v) is 6.21. The van der Waals surface area contributed by atoms with E-state index in [-0.39, 0.29) is 5.56 Å². The van der Waals surface area contributed by atoms with E-state index < -0.39 is 0 Å². The van der Waals surface area contributed by atoms with Crippen molar-refractivity contribution in [1.29, 1.82) is 0 Å². The summed E-state index contributed by atoms with van der Waals surface area (Å²) in [6.07, 6.45) is 0. The lowest BCUT2D eigenvalue weighted by Crippen LogP contribution is -2.15. The number of hydrogen-bond acceptors (Lipinski definition) is 8. The average Bonchev–Trinajstić information content (AvgIpc) is 3.31. The zero-order valence-electron chi connectivity index (χ0n) is 13.5. The van der Waals surface area contributed by atoms with Crippen molar-refractivity contribution >= 4 is 39.4 Å². The summed E-state index contributed by atoms with van der Waals surface area (Å²) in [5.74, 6) is 1.44. The van der Waals surface area contributed by atoms with Crippen LogP contribution in [0.25, 0.3) is 15.7 Å². The topological polar surface area (TPSA) is 78.0 Å². The number of rotatable bonds is 5. The van der Waals surface area contributed by atoms with Crippen LogP contribution in [0.3, 0.4) is 0 Å². The van der Waals surface area contributed by atoms with Crippen LogP contribution >= 0.6 is 34.4 Å². The highest BCUT2D eigenvalue weighted by molar-refractivity contribution is 7.98. The van der Waals surface area contributed by atoms with Crippen LogP contribution in [0.5, 0.6) is 0 Å². The Balaban J connectivity index is 1.60. The zero-order chi connectivity index (χ0) is 17.4. The van der Waals surface area contributed by atoms with Crippen molar-refractivity contribution in [2.75, 3.05) is 0 Å². The Kier molecular flexibility index (Phi) is 4.40. The summed E-state index contributed by atoms with van der Waals surface area (Å²) < 4.78 is 3.43. The molecule has 0 spiro atoms. The molecular weight excluding hydrogens is 376 g/mol. The molecule has 4 aromatic heterocycles. The molecule has 0 unspecified atom stereocenters. The molecule has 4 heterocycles. The predicted octanol–water partition coefficient (Wildman–Crippen LogP) is 3.09. The number of aryl methyl sites for hydroxylation is 1. The lowest BCUT2D eigenvalue weighted by molar-refractivity contribution is 0.688. The minimum absolute atomic E-state index is 0.152. The van der Waals surface area contributed by atoms with Crippen LogP contribution in [-0.2, 0) is 12.3 Å². The van der Waals surface area contributed by atoms with Gasteiger partial charge in [0.1, 0.15) is 5.01 Å². The Bertz CT molecular complexity index is 1080. The van der Waals surface area contributed by atoms with Gasteiger partial charge in [-0.25, -0.2) is 4.98 Å². The highest BCUT2D eigenvalue weighted by Crippen LogP contribution is 2.28. The van der Waals surface area contributed by atoms with Crippen LogP contribution < -0.4 is 5.56 Å². The van der Waals surface area contributed by atoms with E-state index in [1.165, 1.54) is 33.7 Å². The number of hydrogen-bond donors (Lipinski definition) is 0. The number of thioether (sulfide) groups is 1. The van der Waals surface area contributed by atoms with E-state index in [1.807, 2.05) is 24.4 Å². The van der Waals surface area contributed by atoms with Gasteiger partial charge in [-0.2, -0.15) is 9.61 Å². The Labute approximate surface area is 155 Å². The number of nitrogens with zero attached hydrogens (tertiary/aromatic N) is 6. The van der Waals surface area contributed by atoms with Crippen LogP contribution in [-0.4, -0.2) is 29.4 Å². The van der Waals surface area contributed by atoms with Crippen LogP contribution in [0, 0.1) is 6.92 Å². The Hall–Kier alpha value is -2.04. The molecule has 0 saturated carbocycles. The molecule has 10 heteroatoms. The summed E-state index contributed by atoms with van der Waals surface area (Å²) in [7, 11) is 0. The van der Waals surface area contributed by atoms with Crippen molar-refractivity contribution in [3.05, 3.63) is 44.6 Å². The quantitative estimate of drug-likeness (QED) is 0.487. The largest absolute Gasteiger partial charge is 0.302 e. The molecule has 0 aliphatic rings. The van der Waals surface area contributed by atoms with Crippen molar-refractivity contribution in [2.45, 2.75) is 31.3 Å². The Morgan fingerprint density at radius 2 is 2.20 bits per heavy atom. The average molecular weight is 391 g/mol. The molecular formula is C15H14N6OS3. The van der Waals surface area contributed by atoms with Crippen molar-refractivity contribution in [3.63, 3.8) is 0 Å². The smallest absolute Gasteiger partial charge is 0.275 e. The first-order valence-electron chi connectivity index (χ1n) is 7.62. The fourth-order valence-electron chi connectivity index (χ4n) is 2.43. The molecule has 0 radical (unpaired) electrons. The fraction of sp³-hybridized carbons (Fsp3) is 0.267. The molecule has 0 amide bonds. The molecule has 0 fully saturated rings. The molecule has 25 heavy (non-hydrogen) atoms. The molecule has 0 aromatic carbocycles. The van der Waals surface area contributed by atoms with Gasteiger partial charge >= 0.3 is 0 Å². The first-order valence-corrected chi connectivity index (χ1v) is 10.3. The number of thiophene rings is 1. The van der Waals surface area contributed by atoms with Gasteiger partial charge in [0.15, 0.2) is 11.0 Å². The summed E-state index contributed by atoms with van der Waals surface area (Å²) in [6, 6.07) is 5.58. The first-order chi connectivity index (χ1) is 12.2. The predicted molar refractivity (Wildman–Crippen MR) is 100 cm³/mol. The van der Waals surface area contributed by atoms with Crippen LogP contribution in [0.15, 0.2) is 33.5 Å². The van der Waals surface area contributed by atoms with Crippen molar-refractivity contribution < 1.29 is 0 Å². The van der Waals surface area contributed by atoms with Crippen molar-refractivity contribution in [2.24, 2.45) is 0 Å². The minimum atomic E-state index is -0.152. The SMILES string of the molecule is CCn1c(SCc2cc(=O)n3nc(C)sc3n2)nnc1-c1cccs1. The molecule has 128 valence electrons. The molecule has 0 N–H and O–H groups in total. The standard InChI is InChI=1S/C15H14N6OS3/c1-3-20-13(11-5-4-6-23-11)17-18-15(20)24-8-10-7-12(22)21-14(16-10)25-9(2)19-21/h4-7H,3,8H2,1-2H3. The summed E-state index contributed by atoms with van der Waals surface area (Å²) >= 11 is 4.59. The summed E-state index contributed by atoms with van der Waals surface area (Å²) in [4.78, 5) is 18.4. The lowest BCUT2D eigenvalue weighted by Gasteiger charge is -2.05. The molecule has 7 nitrogen and oxygen atoms in total. The van der Waals surface area contributed by atoms with E-state index in [0.717, 1.165) is 33.1 Å². The van der Waals surface area contributed by atoms with E-state index in [2.05, 4.69) is 31.8 Å². The maximum Gasteiger partial charge on any atom is 0.275 e. The zero-order valence-corrected chi connectivity index (χ0v) is 16.0. The van der Waals surface area contributed by atoms with Gasteiger partial charge in [-0.05, 0) is 25.3 Å². The van der Waals surface area contributed by atoms with Crippen LogP contribution in [0.1, 0.15) is 17.6 Å². The van der Waals surface area contributed by atoms with Crippen LogP contribution in [0.2, 0.25) is 0 Å². The highest BCUT2D eigenvalue weighted by Gasteiger charge is 2.15. The Morgan fingerprint density at radius 1 is 1.32 bits per heavy atom. The summed E-state index contributed by atoms with van der Waals surface area (Å²) in [6.45, 7) is 4.72. The molecule has 0 atom stereocenters. The van der Waals surface area contributed by atoms with Gasteiger partial charge in [0.05, 0.1) is 10.6 Å². The third-order valence-electron chi connectivity index (χ3n) is 3.52. The summed E-state index contributed by atoms with van der Waals surface area (Å²) in [5.41, 5.74) is 0.572. The first kappa shape index (κ1) is 16.4. The summed E-state index contributed by atoms with van der Waals surface area (Å²) in [5, 5.41) is 16.5. The van der Waals surface area contributed by atoms with E-state index in [4.69, 9.17) is 0 Å². The second kappa shape index (κ2) is 6.70. The number of aromatic nitrogens is 6. The maximum atomic E-state index is 12.1. The van der Waals surface area contributed by atoms with E-state index in [9.17, 15) is 4.79 Å². The van der Waals surface area contributed by atoms with Gasteiger partial charge in [-0.3, -0.25) is 4.79 Å². The molecule has 0 aliphatic heterocycles. The van der Waals surface area contributed by atoms with Crippen LogP contribution in [0.4, 0.5) is 0 Å². The van der Waals surface area contributed by atoms with Gasteiger partial charge in [0, 0.05) is 18.4 Å². The second-order valence-corrected chi connectivity index (χ2v) is 8.27. The van der Waals surface area contributed by atoms with Gasteiger partial charge in [0.2, 0.25) is 4.96 Å². The van der Waals surface area contributed by atoms with E-state index >= 15 is 0 Å². The minimum Gasteiger partial charge on any atom is -0.302 e. The molecule has 4 aromatic rings. The van der Waals surface area contributed by atoms with Crippen molar-refractivity contribution in [3.8, 4) is 10.7 Å². The van der Waals surface area contributed by atoms with E-state index in [0.29, 0.717) is 10.7 Å². The van der Waals surface area contributed by atoms with Gasteiger partial charge in [-0.15, -0.1) is 21.5 Å². The fourth-order valence-corrected chi connectivity index (χ4v) is 4.81. The highest BCUT2D eigenvalue weighted by atomic mass is 32.2. The molecule has 4 rings (SSSR count). The van der Waals surface area contributed by atoms with E-state index in [1.54, 1.807) is 11.3 Å². The third kappa shape index (κ3) is 3.12.